The van der Waals surface area contributed by atoms with Crippen molar-refractivity contribution in [2.24, 2.45) is 0 Å². The molecule has 0 bridgehead atoms. The van der Waals surface area contributed by atoms with Crippen LogP contribution in [0.15, 0.2) is 30.3 Å². The second-order valence-corrected chi connectivity index (χ2v) is 4.83. The van der Waals surface area contributed by atoms with E-state index in [9.17, 15) is 10.1 Å². The molecular formula is C17H18N2O5. The summed E-state index contributed by atoms with van der Waals surface area (Å²) in [4.78, 5) is 10.3. The van der Waals surface area contributed by atoms with Crippen molar-refractivity contribution in [3.05, 3.63) is 51.6 Å². The second-order valence-electron chi connectivity index (χ2n) is 4.83. The number of nitrogen functional groups attached to an aromatic ring is 1. The fourth-order valence-corrected chi connectivity index (χ4v) is 2.28. The maximum absolute atomic E-state index is 10.8. The molecule has 0 aliphatic carbocycles. The predicted molar refractivity (Wildman–Crippen MR) is 92.5 cm³/mol. The number of methoxy groups -OCH3 is 3. The van der Waals surface area contributed by atoms with Crippen LogP contribution in [0, 0.1) is 10.1 Å². The maximum atomic E-state index is 10.8. The SMILES string of the molecule is COc1ccc(/C=C/c2ccc([N+](=O)[O-])c(N)c2)c(OC)c1OC. The summed E-state index contributed by atoms with van der Waals surface area (Å²) in [5.74, 6) is 1.58. The summed E-state index contributed by atoms with van der Waals surface area (Å²) in [6, 6.07) is 8.14. The number of anilines is 1. The first kappa shape index (κ1) is 17.1. The van der Waals surface area contributed by atoms with Gasteiger partial charge in [0.25, 0.3) is 5.69 Å². The van der Waals surface area contributed by atoms with Crippen LogP contribution in [0.25, 0.3) is 12.2 Å². The van der Waals surface area contributed by atoms with E-state index in [4.69, 9.17) is 19.9 Å². The minimum Gasteiger partial charge on any atom is -0.493 e. The fourth-order valence-electron chi connectivity index (χ4n) is 2.28. The molecule has 0 aromatic heterocycles. The number of nitrogens with two attached hydrogens (primary N) is 1. The first-order chi connectivity index (χ1) is 11.5. The van der Waals surface area contributed by atoms with Crippen LogP contribution in [-0.4, -0.2) is 26.3 Å². The minimum atomic E-state index is -0.514. The maximum Gasteiger partial charge on any atom is 0.292 e. The van der Waals surface area contributed by atoms with Crippen molar-refractivity contribution in [1.29, 1.82) is 0 Å². The van der Waals surface area contributed by atoms with E-state index < -0.39 is 4.92 Å². The number of hydrogen-bond donors (Lipinski definition) is 1. The summed E-state index contributed by atoms with van der Waals surface area (Å²) < 4.78 is 16.0. The van der Waals surface area contributed by atoms with Gasteiger partial charge in [0, 0.05) is 11.6 Å². The molecule has 0 amide bonds. The van der Waals surface area contributed by atoms with Crippen LogP contribution >= 0.6 is 0 Å². The van der Waals surface area contributed by atoms with Gasteiger partial charge in [0.1, 0.15) is 5.69 Å². The van der Waals surface area contributed by atoms with Crippen molar-refractivity contribution in [2.75, 3.05) is 27.1 Å². The first-order valence-corrected chi connectivity index (χ1v) is 7.02. The smallest absolute Gasteiger partial charge is 0.292 e. The molecule has 126 valence electrons. The summed E-state index contributed by atoms with van der Waals surface area (Å²) in [7, 11) is 4.62. The lowest BCUT2D eigenvalue weighted by Gasteiger charge is -2.14. The molecule has 0 spiro atoms. The summed E-state index contributed by atoms with van der Waals surface area (Å²) in [6.07, 6.45) is 3.59. The van der Waals surface area contributed by atoms with Gasteiger partial charge in [-0.05, 0) is 29.8 Å². The quantitative estimate of drug-likeness (QED) is 0.377. The highest BCUT2D eigenvalue weighted by Gasteiger charge is 2.14. The van der Waals surface area contributed by atoms with E-state index in [0.29, 0.717) is 17.2 Å². The Hall–Kier alpha value is -3.22. The lowest BCUT2D eigenvalue weighted by molar-refractivity contribution is -0.383. The third kappa shape index (κ3) is 3.40. The van der Waals surface area contributed by atoms with Gasteiger partial charge >= 0.3 is 0 Å². The normalized spacial score (nSPS) is 10.6. The van der Waals surface area contributed by atoms with Crippen molar-refractivity contribution in [3.63, 3.8) is 0 Å². The van der Waals surface area contributed by atoms with E-state index in [0.717, 1.165) is 11.1 Å². The second kappa shape index (κ2) is 7.36. The largest absolute Gasteiger partial charge is 0.493 e. The van der Waals surface area contributed by atoms with Crippen molar-refractivity contribution in [2.45, 2.75) is 0 Å². The van der Waals surface area contributed by atoms with Gasteiger partial charge in [-0.25, -0.2) is 0 Å². The first-order valence-electron chi connectivity index (χ1n) is 7.02. The van der Waals surface area contributed by atoms with Gasteiger partial charge in [0.15, 0.2) is 11.5 Å². The lowest BCUT2D eigenvalue weighted by Crippen LogP contribution is -1.96. The molecule has 0 heterocycles. The molecule has 7 nitrogen and oxygen atoms in total. The van der Waals surface area contributed by atoms with Gasteiger partial charge in [-0.1, -0.05) is 12.2 Å². The molecule has 0 saturated carbocycles. The minimum absolute atomic E-state index is 0.112. The molecule has 0 fully saturated rings. The highest BCUT2D eigenvalue weighted by Crippen LogP contribution is 2.40. The molecule has 24 heavy (non-hydrogen) atoms. The van der Waals surface area contributed by atoms with Crippen LogP contribution in [0.1, 0.15) is 11.1 Å². The van der Waals surface area contributed by atoms with Crippen LogP contribution < -0.4 is 19.9 Å². The zero-order valence-electron chi connectivity index (χ0n) is 13.6. The number of ether oxygens (including phenoxy) is 3. The van der Waals surface area contributed by atoms with E-state index in [1.807, 2.05) is 6.07 Å². The molecule has 0 saturated heterocycles. The third-order valence-electron chi connectivity index (χ3n) is 3.44. The summed E-state index contributed by atoms with van der Waals surface area (Å²) >= 11 is 0. The van der Waals surface area contributed by atoms with Crippen molar-refractivity contribution in [3.8, 4) is 17.2 Å². The average Bonchev–Trinajstić information content (AvgIpc) is 2.58. The Morgan fingerprint density at radius 3 is 2.25 bits per heavy atom. The Labute approximate surface area is 139 Å². The molecule has 0 unspecified atom stereocenters. The Morgan fingerprint density at radius 2 is 1.71 bits per heavy atom. The molecule has 0 aliphatic heterocycles. The van der Waals surface area contributed by atoms with E-state index in [-0.39, 0.29) is 11.4 Å². The molecule has 0 aliphatic rings. The summed E-state index contributed by atoms with van der Waals surface area (Å²) in [5.41, 5.74) is 7.19. The zero-order valence-corrected chi connectivity index (χ0v) is 13.6. The number of nitro benzene ring substituents is 1. The van der Waals surface area contributed by atoms with Crippen molar-refractivity contribution >= 4 is 23.5 Å². The summed E-state index contributed by atoms with van der Waals surface area (Å²) in [6.45, 7) is 0. The topological polar surface area (TPSA) is 96.9 Å². The van der Waals surface area contributed by atoms with Crippen molar-refractivity contribution < 1.29 is 19.1 Å². The van der Waals surface area contributed by atoms with Crippen LogP contribution in [0.3, 0.4) is 0 Å². The molecule has 2 aromatic carbocycles. The Bertz CT molecular complexity index is 787. The zero-order chi connectivity index (χ0) is 17.7. The number of nitrogens with zero attached hydrogens (tertiary/aromatic N) is 1. The Balaban J connectivity index is 2.39. The van der Waals surface area contributed by atoms with Crippen LogP contribution in [0.4, 0.5) is 11.4 Å². The van der Waals surface area contributed by atoms with Gasteiger partial charge in [0.05, 0.1) is 26.3 Å². The van der Waals surface area contributed by atoms with E-state index in [1.54, 1.807) is 44.6 Å². The van der Waals surface area contributed by atoms with E-state index in [2.05, 4.69) is 0 Å². The van der Waals surface area contributed by atoms with Crippen LogP contribution in [0.2, 0.25) is 0 Å². The standard InChI is InChI=1S/C17H18N2O5/c1-22-15-9-7-12(16(23-2)17(15)24-3)6-4-11-5-8-14(19(20)21)13(18)10-11/h4-10H,18H2,1-3H3/b6-4+. The molecule has 0 radical (unpaired) electrons. The summed E-state index contributed by atoms with van der Waals surface area (Å²) in [5, 5.41) is 10.8. The molecule has 0 atom stereocenters. The number of hydrogen-bond acceptors (Lipinski definition) is 6. The highest BCUT2D eigenvalue weighted by atomic mass is 16.6. The molecular weight excluding hydrogens is 312 g/mol. The van der Waals surface area contributed by atoms with Gasteiger partial charge in [-0.2, -0.15) is 0 Å². The van der Waals surface area contributed by atoms with Crippen LogP contribution in [-0.2, 0) is 0 Å². The van der Waals surface area contributed by atoms with Gasteiger partial charge in [-0.3, -0.25) is 10.1 Å². The van der Waals surface area contributed by atoms with E-state index in [1.165, 1.54) is 13.2 Å². The van der Waals surface area contributed by atoms with Crippen molar-refractivity contribution in [1.82, 2.24) is 0 Å². The van der Waals surface area contributed by atoms with Gasteiger partial charge in [-0.15, -0.1) is 0 Å². The number of rotatable bonds is 6. The monoisotopic (exact) mass is 330 g/mol. The molecule has 2 N–H and O–H groups in total. The van der Waals surface area contributed by atoms with Crippen LogP contribution in [0.5, 0.6) is 17.2 Å². The Morgan fingerprint density at radius 1 is 1.00 bits per heavy atom. The highest BCUT2D eigenvalue weighted by molar-refractivity contribution is 5.77. The average molecular weight is 330 g/mol. The molecule has 7 heteroatoms. The van der Waals surface area contributed by atoms with Gasteiger partial charge in [0.2, 0.25) is 5.75 Å². The van der Waals surface area contributed by atoms with Gasteiger partial charge < -0.3 is 19.9 Å². The number of nitro groups is 1. The fraction of sp³-hybridized carbons (Fsp3) is 0.176. The Kier molecular flexibility index (Phi) is 5.26. The number of benzene rings is 2. The predicted octanol–water partition coefficient (Wildman–Crippen LogP) is 3.37. The van der Waals surface area contributed by atoms with E-state index >= 15 is 0 Å². The molecule has 2 rings (SSSR count). The lowest BCUT2D eigenvalue weighted by atomic mass is 10.1. The third-order valence-corrected chi connectivity index (χ3v) is 3.44. The molecule has 2 aromatic rings.